The molecule has 0 aromatic carbocycles. The molecule has 2 N–H and O–H groups in total. The minimum Gasteiger partial charge on any atom is -0.312 e. The first kappa shape index (κ1) is 19.6. The summed E-state index contributed by atoms with van der Waals surface area (Å²) in [6.07, 6.45) is -6.57. The number of hydrogen-bond donors (Lipinski definition) is 1. The lowest BCUT2D eigenvalue weighted by Gasteiger charge is -2.34. The van der Waals surface area contributed by atoms with Crippen LogP contribution in [0.2, 0.25) is 0 Å². The molecule has 4 nitrogen and oxygen atoms in total. The van der Waals surface area contributed by atoms with Crippen molar-refractivity contribution in [2.24, 2.45) is 5.73 Å². The van der Waals surface area contributed by atoms with Gasteiger partial charge in [-0.1, -0.05) is 0 Å². The van der Waals surface area contributed by atoms with E-state index in [2.05, 4.69) is 14.8 Å². The van der Waals surface area contributed by atoms with Crippen LogP contribution < -0.4 is 5.73 Å². The van der Waals surface area contributed by atoms with E-state index >= 15 is 0 Å². The van der Waals surface area contributed by atoms with E-state index in [1.54, 1.807) is 0 Å². The van der Waals surface area contributed by atoms with Gasteiger partial charge in [0.1, 0.15) is 0 Å². The van der Waals surface area contributed by atoms with Crippen molar-refractivity contribution in [3.05, 3.63) is 0 Å². The Morgan fingerprint density at radius 1 is 1.00 bits per heavy atom. The van der Waals surface area contributed by atoms with Crippen LogP contribution >= 0.6 is 7.60 Å². The second-order valence-electron chi connectivity index (χ2n) is 3.52. The van der Waals surface area contributed by atoms with Crippen molar-refractivity contribution in [2.45, 2.75) is 37.7 Å². The Kier molecular flexibility index (Phi) is 6.05. The largest absolute Gasteiger partial charge is 0.459 e. The summed E-state index contributed by atoms with van der Waals surface area (Å²) in [6.45, 7) is 1.24. The highest BCUT2D eigenvalue weighted by Crippen LogP contribution is 2.60. The van der Waals surface area contributed by atoms with Crippen molar-refractivity contribution in [3.63, 3.8) is 0 Å². The first-order valence-electron chi connectivity index (χ1n) is 5.24. The minimum atomic E-state index is -6.57. The molecule has 0 saturated carbocycles. The monoisotopic (exact) mass is 335 g/mol. The second kappa shape index (κ2) is 6.17. The standard InChI is InChI=1S/C8H13F7NO3P/c1-3-18-20(17,19-4-2)5(16)6(9,10)7(11,12)8(13,14)15/h5H,3-4,16H2,1-2H3/t5-/m1/s1. The Hall–Kier alpha value is -0.380. The molecule has 0 aromatic rings. The van der Waals surface area contributed by atoms with Gasteiger partial charge >= 0.3 is 25.6 Å². The number of hydrogen-bond acceptors (Lipinski definition) is 4. The third kappa shape index (κ3) is 3.44. The predicted molar refractivity (Wildman–Crippen MR) is 54.8 cm³/mol. The van der Waals surface area contributed by atoms with Gasteiger partial charge < -0.3 is 14.8 Å². The summed E-state index contributed by atoms with van der Waals surface area (Å²) in [5.74, 6) is -15.8. The fourth-order valence-corrected chi connectivity index (χ4v) is 2.81. The zero-order valence-corrected chi connectivity index (χ0v) is 11.3. The lowest BCUT2D eigenvalue weighted by molar-refractivity contribution is -0.354. The molecule has 122 valence electrons. The third-order valence-corrected chi connectivity index (χ3v) is 4.35. The van der Waals surface area contributed by atoms with Crippen LogP contribution in [0.25, 0.3) is 0 Å². The van der Waals surface area contributed by atoms with Crippen molar-refractivity contribution in [1.82, 2.24) is 0 Å². The molecule has 0 aliphatic rings. The maximum absolute atomic E-state index is 13.3. The Balaban J connectivity index is 5.64. The van der Waals surface area contributed by atoms with Gasteiger partial charge in [-0.05, 0) is 13.8 Å². The predicted octanol–water partition coefficient (Wildman–Crippen LogP) is 3.37. The van der Waals surface area contributed by atoms with Crippen LogP contribution in [0.5, 0.6) is 0 Å². The normalized spacial score (nSPS) is 16.3. The molecule has 0 bridgehead atoms. The van der Waals surface area contributed by atoms with Crippen molar-refractivity contribution in [1.29, 1.82) is 0 Å². The van der Waals surface area contributed by atoms with Crippen LogP contribution in [0, 0.1) is 0 Å². The quantitative estimate of drug-likeness (QED) is 0.572. The zero-order valence-electron chi connectivity index (χ0n) is 10.4. The topological polar surface area (TPSA) is 61.5 Å². The molecule has 20 heavy (non-hydrogen) atoms. The van der Waals surface area contributed by atoms with E-state index in [9.17, 15) is 35.3 Å². The summed E-state index contributed by atoms with van der Waals surface area (Å²) >= 11 is 0. The van der Waals surface area contributed by atoms with E-state index < -0.39 is 44.6 Å². The Morgan fingerprint density at radius 2 is 1.35 bits per heavy atom. The van der Waals surface area contributed by atoms with Gasteiger partial charge in [-0.15, -0.1) is 0 Å². The van der Waals surface area contributed by atoms with Crippen molar-refractivity contribution >= 4 is 7.60 Å². The smallest absolute Gasteiger partial charge is 0.312 e. The molecule has 0 aliphatic heterocycles. The molecular weight excluding hydrogens is 322 g/mol. The highest BCUT2D eigenvalue weighted by molar-refractivity contribution is 7.54. The maximum Gasteiger partial charge on any atom is 0.459 e. The molecule has 0 heterocycles. The second-order valence-corrected chi connectivity index (χ2v) is 5.67. The van der Waals surface area contributed by atoms with Crippen LogP contribution in [0.15, 0.2) is 0 Å². The van der Waals surface area contributed by atoms with Crippen LogP contribution in [-0.4, -0.2) is 37.0 Å². The van der Waals surface area contributed by atoms with E-state index in [0.717, 1.165) is 13.8 Å². The van der Waals surface area contributed by atoms with Crippen molar-refractivity contribution in [3.8, 4) is 0 Å². The summed E-state index contributed by atoms with van der Waals surface area (Å²) < 4.78 is 108. The van der Waals surface area contributed by atoms with Crippen molar-refractivity contribution < 1.29 is 44.3 Å². The first-order valence-corrected chi connectivity index (χ1v) is 6.85. The van der Waals surface area contributed by atoms with E-state index in [1.807, 2.05) is 0 Å². The van der Waals surface area contributed by atoms with Crippen molar-refractivity contribution in [2.75, 3.05) is 13.2 Å². The highest BCUT2D eigenvalue weighted by Gasteiger charge is 2.77. The third-order valence-electron chi connectivity index (χ3n) is 2.10. The molecule has 0 spiro atoms. The maximum atomic E-state index is 13.3. The first-order chi connectivity index (χ1) is 8.78. The molecular formula is C8H13F7NO3P. The highest BCUT2D eigenvalue weighted by atomic mass is 31.2. The summed E-state index contributed by atoms with van der Waals surface area (Å²) in [5, 5.41) is 0. The van der Waals surface area contributed by atoms with Gasteiger partial charge in [-0.3, -0.25) is 4.57 Å². The molecule has 0 radical (unpaired) electrons. The van der Waals surface area contributed by atoms with Gasteiger partial charge in [0.2, 0.25) is 0 Å². The molecule has 1 atom stereocenters. The summed E-state index contributed by atoms with van der Waals surface area (Å²) in [5.41, 5.74) is 4.64. The molecule has 0 amide bonds. The molecule has 12 heteroatoms. The fourth-order valence-electron chi connectivity index (χ4n) is 1.13. The van der Waals surface area contributed by atoms with Gasteiger partial charge in [0.05, 0.1) is 13.2 Å². The van der Waals surface area contributed by atoms with E-state index in [-0.39, 0.29) is 0 Å². The lowest BCUT2D eigenvalue weighted by atomic mass is 10.1. The summed E-state index contributed by atoms with van der Waals surface area (Å²) in [4.78, 5) is 0. The summed E-state index contributed by atoms with van der Waals surface area (Å²) in [6, 6.07) is 0. The average molecular weight is 335 g/mol. The average Bonchev–Trinajstić information content (AvgIpc) is 2.26. The minimum absolute atomic E-state index is 0.529. The van der Waals surface area contributed by atoms with Crippen LogP contribution in [0.4, 0.5) is 30.7 Å². The Bertz CT molecular complexity index is 364. The molecule has 0 rings (SSSR count). The SMILES string of the molecule is CCOP(=O)(OCC)[C@@H](N)C(F)(F)C(F)(F)C(F)(F)F. The molecule has 0 aromatic heterocycles. The van der Waals surface area contributed by atoms with Gasteiger partial charge in [0, 0.05) is 0 Å². The van der Waals surface area contributed by atoms with Gasteiger partial charge in [0.15, 0.2) is 5.78 Å². The zero-order chi connectivity index (χ0) is 16.4. The molecule has 0 fully saturated rings. The fraction of sp³-hybridized carbons (Fsp3) is 1.00. The number of halogens is 7. The van der Waals surface area contributed by atoms with E-state index in [4.69, 9.17) is 0 Å². The number of nitrogens with two attached hydrogens (primary N) is 1. The molecule has 0 saturated heterocycles. The Labute approximate surface area is 109 Å². The van der Waals surface area contributed by atoms with Gasteiger partial charge in [-0.25, -0.2) is 0 Å². The van der Waals surface area contributed by atoms with E-state index in [0.29, 0.717) is 0 Å². The molecule has 0 unspecified atom stereocenters. The van der Waals surface area contributed by atoms with E-state index in [1.165, 1.54) is 0 Å². The Morgan fingerprint density at radius 3 is 1.60 bits per heavy atom. The van der Waals surface area contributed by atoms with Crippen LogP contribution in [0.1, 0.15) is 13.8 Å². The lowest BCUT2D eigenvalue weighted by Crippen LogP contribution is -2.60. The summed E-state index contributed by atoms with van der Waals surface area (Å²) in [7, 11) is -5.05. The van der Waals surface area contributed by atoms with Gasteiger partial charge in [0.25, 0.3) is 0 Å². The van der Waals surface area contributed by atoms with Crippen LogP contribution in [0.3, 0.4) is 0 Å². The molecule has 0 aliphatic carbocycles. The number of rotatable bonds is 7. The number of alkyl halides is 7. The van der Waals surface area contributed by atoms with Crippen LogP contribution in [-0.2, 0) is 13.6 Å². The van der Waals surface area contributed by atoms with Gasteiger partial charge in [-0.2, -0.15) is 30.7 Å².